The summed E-state index contributed by atoms with van der Waals surface area (Å²) in [5, 5.41) is 10.2. The molecule has 0 radical (unpaired) electrons. The molecule has 31 heavy (non-hydrogen) atoms. The first kappa shape index (κ1) is 21.3. The van der Waals surface area contributed by atoms with Crippen LogP contribution in [0, 0.1) is 5.92 Å². The quantitative estimate of drug-likeness (QED) is 0.567. The van der Waals surface area contributed by atoms with Crippen molar-refractivity contribution >= 4 is 5.97 Å². The highest BCUT2D eigenvalue weighted by Gasteiger charge is 2.45. The molecule has 5 heteroatoms. The molecule has 1 N–H and O–H groups in total. The van der Waals surface area contributed by atoms with Crippen molar-refractivity contribution in [1.29, 1.82) is 0 Å². The molecule has 1 fully saturated rings. The summed E-state index contributed by atoms with van der Waals surface area (Å²) in [6.07, 6.45) is 7.38. The summed E-state index contributed by atoms with van der Waals surface area (Å²) >= 11 is 0. The minimum absolute atomic E-state index is 0.130. The molecule has 1 aliphatic heterocycles. The number of aliphatic hydroxyl groups excluding tert-OH is 1. The topological polar surface area (TPSA) is 65.0 Å². The van der Waals surface area contributed by atoms with Gasteiger partial charge in [0.2, 0.25) is 0 Å². The molecule has 0 amide bonds. The lowest BCUT2D eigenvalue weighted by atomic mass is 9.77. The number of methoxy groups -OCH3 is 1. The summed E-state index contributed by atoms with van der Waals surface area (Å²) in [7, 11) is 1.64. The molecule has 4 rings (SSSR count). The van der Waals surface area contributed by atoms with Crippen LogP contribution in [-0.2, 0) is 22.6 Å². The highest BCUT2D eigenvalue weighted by atomic mass is 16.6. The van der Waals surface area contributed by atoms with Crippen molar-refractivity contribution in [2.24, 2.45) is 5.92 Å². The van der Waals surface area contributed by atoms with Crippen LogP contribution in [-0.4, -0.2) is 23.8 Å². The van der Waals surface area contributed by atoms with E-state index >= 15 is 0 Å². The van der Waals surface area contributed by atoms with Crippen molar-refractivity contribution < 1.29 is 24.1 Å². The largest absolute Gasteiger partial charge is 0.512 e. The number of esters is 1. The van der Waals surface area contributed by atoms with Crippen molar-refractivity contribution in [2.75, 3.05) is 7.11 Å². The van der Waals surface area contributed by atoms with Gasteiger partial charge in [-0.15, -0.1) is 0 Å². The van der Waals surface area contributed by atoms with E-state index in [2.05, 4.69) is 0 Å². The fourth-order valence-electron chi connectivity index (χ4n) is 4.86. The predicted octanol–water partition coefficient (Wildman–Crippen LogP) is 5.52. The minimum Gasteiger partial charge on any atom is -0.512 e. The van der Waals surface area contributed by atoms with Gasteiger partial charge in [-0.25, -0.2) is 4.79 Å². The predicted molar refractivity (Wildman–Crippen MR) is 118 cm³/mol. The van der Waals surface area contributed by atoms with Crippen LogP contribution >= 0.6 is 0 Å². The molecule has 164 valence electrons. The Morgan fingerprint density at radius 3 is 2.55 bits per heavy atom. The van der Waals surface area contributed by atoms with Gasteiger partial charge in [0.05, 0.1) is 13.2 Å². The molecule has 2 aromatic rings. The number of carbonyl (C=O) groups excluding carboxylic acids is 1. The lowest BCUT2D eigenvalue weighted by molar-refractivity contribution is -0.165. The summed E-state index contributed by atoms with van der Waals surface area (Å²) in [6.45, 7) is 0.475. The third-order valence-electron chi connectivity index (χ3n) is 6.47. The zero-order valence-corrected chi connectivity index (χ0v) is 18.0. The molecular formula is C26H30O5. The highest BCUT2D eigenvalue weighted by molar-refractivity contribution is 5.83. The van der Waals surface area contributed by atoms with Crippen molar-refractivity contribution in [1.82, 2.24) is 0 Å². The molecule has 1 atom stereocenters. The van der Waals surface area contributed by atoms with Crippen LogP contribution in [0.5, 0.6) is 11.5 Å². The summed E-state index contributed by atoms with van der Waals surface area (Å²) in [6, 6.07) is 16.0. The normalized spacial score (nSPS) is 21.5. The number of carbonyl (C=O) groups is 1. The minimum atomic E-state index is -0.623. The first-order chi connectivity index (χ1) is 15.1. The number of hydrogen-bond donors (Lipinski definition) is 1. The summed E-state index contributed by atoms with van der Waals surface area (Å²) in [4.78, 5) is 12.1. The van der Waals surface area contributed by atoms with Crippen LogP contribution in [0.4, 0.5) is 0 Å². The fraction of sp³-hybridized carbons (Fsp3) is 0.423. The van der Waals surface area contributed by atoms with Crippen LogP contribution in [0.15, 0.2) is 60.4 Å². The number of ether oxygens (including phenoxy) is 3. The van der Waals surface area contributed by atoms with Gasteiger partial charge in [-0.1, -0.05) is 49.2 Å². The molecule has 1 unspecified atom stereocenters. The molecule has 5 nitrogen and oxygen atoms in total. The van der Waals surface area contributed by atoms with Crippen LogP contribution in [0.2, 0.25) is 0 Å². The van der Waals surface area contributed by atoms with Gasteiger partial charge in [0, 0.05) is 6.42 Å². The zero-order chi connectivity index (χ0) is 21.7. The van der Waals surface area contributed by atoms with E-state index in [4.69, 9.17) is 14.2 Å². The highest BCUT2D eigenvalue weighted by Crippen LogP contribution is 2.44. The van der Waals surface area contributed by atoms with Gasteiger partial charge < -0.3 is 19.3 Å². The van der Waals surface area contributed by atoms with Gasteiger partial charge in [0.25, 0.3) is 0 Å². The van der Waals surface area contributed by atoms with E-state index in [9.17, 15) is 9.90 Å². The number of benzene rings is 2. The molecule has 2 aromatic carbocycles. The standard InChI is InChI=1S/C26H30O5/c1-29-24-15-19(11-12-23(24)30-18-20-7-3-2-4-8-20)13-14-26(21-9-5-6-10-21)17-22(27)16-25(28)31-26/h2-4,7-8,11-12,15-16,21,27H,5-6,9-10,13-14,17-18H2,1H3. The van der Waals surface area contributed by atoms with E-state index < -0.39 is 11.6 Å². The summed E-state index contributed by atoms with van der Waals surface area (Å²) in [5.41, 5.74) is 1.56. The van der Waals surface area contributed by atoms with E-state index in [0.29, 0.717) is 36.9 Å². The van der Waals surface area contributed by atoms with Crippen molar-refractivity contribution in [3.05, 3.63) is 71.5 Å². The van der Waals surface area contributed by atoms with E-state index in [1.54, 1.807) is 7.11 Å². The average molecular weight is 423 g/mol. The average Bonchev–Trinajstić information content (AvgIpc) is 3.32. The maximum atomic E-state index is 12.1. The van der Waals surface area contributed by atoms with Gasteiger partial charge >= 0.3 is 5.97 Å². The molecule has 1 heterocycles. The Hall–Kier alpha value is -2.95. The van der Waals surface area contributed by atoms with Gasteiger partial charge in [0.1, 0.15) is 18.0 Å². The van der Waals surface area contributed by atoms with Crippen LogP contribution in [0.25, 0.3) is 0 Å². The Labute approximate surface area is 183 Å². The molecule has 0 aromatic heterocycles. The van der Waals surface area contributed by atoms with Crippen molar-refractivity contribution in [3.63, 3.8) is 0 Å². The van der Waals surface area contributed by atoms with Crippen LogP contribution in [0.1, 0.15) is 49.7 Å². The van der Waals surface area contributed by atoms with Gasteiger partial charge in [-0.2, -0.15) is 0 Å². The monoisotopic (exact) mass is 422 g/mol. The zero-order valence-electron chi connectivity index (χ0n) is 18.0. The van der Waals surface area contributed by atoms with Crippen molar-refractivity contribution in [3.8, 4) is 11.5 Å². The lowest BCUT2D eigenvalue weighted by Crippen LogP contribution is -2.44. The van der Waals surface area contributed by atoms with E-state index in [-0.39, 0.29) is 5.76 Å². The van der Waals surface area contributed by atoms with Crippen LogP contribution < -0.4 is 9.47 Å². The fourth-order valence-corrected chi connectivity index (χ4v) is 4.86. The third kappa shape index (κ3) is 5.04. The van der Waals surface area contributed by atoms with E-state index in [0.717, 1.165) is 43.2 Å². The van der Waals surface area contributed by atoms with E-state index in [1.165, 1.54) is 6.08 Å². The third-order valence-corrected chi connectivity index (χ3v) is 6.47. The van der Waals surface area contributed by atoms with Crippen molar-refractivity contribution in [2.45, 2.75) is 57.2 Å². The number of cyclic esters (lactones) is 1. The van der Waals surface area contributed by atoms with Gasteiger partial charge in [-0.3, -0.25) is 0 Å². The molecular weight excluding hydrogens is 392 g/mol. The Morgan fingerprint density at radius 2 is 1.84 bits per heavy atom. The molecule has 1 aliphatic carbocycles. The number of aliphatic hydroxyl groups is 1. The second kappa shape index (κ2) is 9.46. The van der Waals surface area contributed by atoms with Gasteiger partial charge in [0.15, 0.2) is 11.5 Å². The first-order valence-electron chi connectivity index (χ1n) is 11.0. The first-order valence-corrected chi connectivity index (χ1v) is 11.0. The smallest absolute Gasteiger partial charge is 0.334 e. The number of hydrogen-bond acceptors (Lipinski definition) is 5. The summed E-state index contributed by atoms with van der Waals surface area (Å²) < 4.78 is 17.4. The maximum absolute atomic E-state index is 12.1. The molecule has 0 saturated heterocycles. The molecule has 1 saturated carbocycles. The Balaban J connectivity index is 1.46. The second-order valence-corrected chi connectivity index (χ2v) is 8.54. The Bertz CT molecular complexity index is 930. The van der Waals surface area contributed by atoms with Gasteiger partial charge in [-0.05, 0) is 54.9 Å². The lowest BCUT2D eigenvalue weighted by Gasteiger charge is -2.40. The Morgan fingerprint density at radius 1 is 1.06 bits per heavy atom. The number of rotatable bonds is 8. The number of aryl methyl sites for hydroxylation is 1. The molecule has 0 bridgehead atoms. The second-order valence-electron chi connectivity index (χ2n) is 8.54. The maximum Gasteiger partial charge on any atom is 0.334 e. The molecule has 0 spiro atoms. The Kier molecular flexibility index (Phi) is 6.50. The SMILES string of the molecule is COc1cc(CCC2(C3CCCC3)CC(O)=CC(=O)O2)ccc1OCc1ccccc1. The molecule has 2 aliphatic rings. The van der Waals surface area contributed by atoms with Crippen LogP contribution in [0.3, 0.4) is 0 Å². The summed E-state index contributed by atoms with van der Waals surface area (Å²) in [5.74, 6) is 1.38. The van der Waals surface area contributed by atoms with E-state index in [1.807, 2.05) is 48.5 Å².